The number of sulfonamides is 1. The average Bonchev–Trinajstić information content (AvgIpc) is 3.25. The first kappa shape index (κ1) is 21.5. The highest BCUT2D eigenvalue weighted by molar-refractivity contribution is 7.89. The van der Waals surface area contributed by atoms with Crippen LogP contribution in [-0.2, 0) is 21.2 Å². The van der Waals surface area contributed by atoms with Gasteiger partial charge >= 0.3 is 0 Å². The van der Waals surface area contributed by atoms with E-state index in [4.69, 9.17) is 0 Å². The molecule has 6 nitrogen and oxygen atoms in total. The number of likely N-dealkylation sites (tertiary alicyclic amines) is 1. The van der Waals surface area contributed by atoms with Crippen molar-refractivity contribution in [3.05, 3.63) is 65.7 Å². The second-order valence-corrected chi connectivity index (χ2v) is 9.36. The summed E-state index contributed by atoms with van der Waals surface area (Å²) in [6.45, 7) is 2.94. The Morgan fingerprint density at radius 3 is 2.45 bits per heavy atom. The van der Waals surface area contributed by atoms with E-state index < -0.39 is 10.0 Å². The quantitative estimate of drug-likeness (QED) is 0.719. The lowest BCUT2D eigenvalue weighted by Gasteiger charge is -2.32. The van der Waals surface area contributed by atoms with Gasteiger partial charge in [-0.2, -0.15) is 0 Å². The minimum Gasteiger partial charge on any atom is -0.337 e. The molecule has 0 aromatic heterocycles. The maximum Gasteiger partial charge on any atom is 0.240 e. The largest absolute Gasteiger partial charge is 0.337 e. The number of carbonyl (C=O) groups is 1. The van der Waals surface area contributed by atoms with Crippen LogP contribution in [0.1, 0.15) is 30.0 Å². The van der Waals surface area contributed by atoms with Crippen molar-refractivity contribution < 1.29 is 13.2 Å². The molecule has 7 heteroatoms. The predicted octanol–water partition coefficient (Wildman–Crippen LogP) is 2.43. The van der Waals surface area contributed by atoms with Gasteiger partial charge in [0.2, 0.25) is 15.9 Å². The van der Waals surface area contributed by atoms with Gasteiger partial charge in [-0.1, -0.05) is 42.5 Å². The van der Waals surface area contributed by atoms with E-state index in [0.717, 1.165) is 25.2 Å². The van der Waals surface area contributed by atoms with Crippen molar-refractivity contribution in [2.75, 3.05) is 33.7 Å². The van der Waals surface area contributed by atoms with Crippen LogP contribution < -0.4 is 4.72 Å². The van der Waals surface area contributed by atoms with Crippen molar-refractivity contribution in [1.29, 1.82) is 0 Å². The molecule has 0 saturated carbocycles. The SMILES string of the molecule is CNS(=O)(=O)c1cccc(CC(=O)N(C)C(CN2CCCC2)c2ccccc2)c1. The molecule has 156 valence electrons. The van der Waals surface area contributed by atoms with Crippen LogP contribution in [0.15, 0.2) is 59.5 Å². The van der Waals surface area contributed by atoms with Gasteiger partial charge < -0.3 is 9.80 Å². The van der Waals surface area contributed by atoms with Crippen molar-refractivity contribution >= 4 is 15.9 Å². The zero-order chi connectivity index (χ0) is 20.9. The summed E-state index contributed by atoms with van der Waals surface area (Å²) in [6, 6.07) is 16.6. The van der Waals surface area contributed by atoms with Crippen molar-refractivity contribution in [1.82, 2.24) is 14.5 Å². The van der Waals surface area contributed by atoms with Crippen LogP contribution in [0, 0.1) is 0 Å². The van der Waals surface area contributed by atoms with Crippen LogP contribution in [0.5, 0.6) is 0 Å². The Balaban J connectivity index is 1.78. The van der Waals surface area contributed by atoms with E-state index >= 15 is 0 Å². The van der Waals surface area contributed by atoms with Crippen molar-refractivity contribution in [3.8, 4) is 0 Å². The Labute approximate surface area is 173 Å². The number of hydrogen-bond acceptors (Lipinski definition) is 4. The van der Waals surface area contributed by atoms with Crippen LogP contribution in [0.2, 0.25) is 0 Å². The topological polar surface area (TPSA) is 69.7 Å². The fourth-order valence-corrected chi connectivity index (χ4v) is 4.55. The van der Waals surface area contributed by atoms with E-state index in [0.29, 0.717) is 5.56 Å². The third-order valence-corrected chi connectivity index (χ3v) is 6.92. The van der Waals surface area contributed by atoms with Crippen LogP contribution in [-0.4, -0.2) is 57.9 Å². The van der Waals surface area contributed by atoms with E-state index in [1.807, 2.05) is 25.2 Å². The Bertz CT molecular complexity index is 925. The van der Waals surface area contributed by atoms with Crippen molar-refractivity contribution in [3.63, 3.8) is 0 Å². The summed E-state index contributed by atoms with van der Waals surface area (Å²) in [4.78, 5) is 17.4. The Kier molecular flexibility index (Phi) is 7.05. The van der Waals surface area contributed by atoms with Gasteiger partial charge in [-0.05, 0) is 56.2 Å². The molecule has 0 aliphatic carbocycles. The van der Waals surface area contributed by atoms with E-state index in [9.17, 15) is 13.2 Å². The molecule has 1 atom stereocenters. The van der Waals surface area contributed by atoms with Gasteiger partial charge in [-0.3, -0.25) is 4.79 Å². The number of rotatable bonds is 8. The van der Waals surface area contributed by atoms with Crippen molar-refractivity contribution in [2.45, 2.75) is 30.2 Å². The normalized spacial score (nSPS) is 15.9. The standard InChI is InChI=1S/C22H29N3O3S/c1-23-29(27,28)20-12-8-9-18(15-20)16-22(26)24(2)21(17-25-13-6-7-14-25)19-10-4-3-5-11-19/h3-5,8-12,15,21,23H,6-7,13-14,16-17H2,1-2H3. The van der Waals surface area contributed by atoms with Crippen LogP contribution in [0.25, 0.3) is 0 Å². The van der Waals surface area contributed by atoms with Gasteiger partial charge in [0, 0.05) is 13.6 Å². The third kappa shape index (κ3) is 5.44. The minimum atomic E-state index is -3.53. The molecule has 0 bridgehead atoms. The summed E-state index contributed by atoms with van der Waals surface area (Å²) in [5, 5.41) is 0. The van der Waals surface area contributed by atoms with E-state index in [1.165, 1.54) is 26.0 Å². The smallest absolute Gasteiger partial charge is 0.240 e. The molecule has 1 N–H and O–H groups in total. The molecular formula is C22H29N3O3S. The number of nitrogens with zero attached hydrogens (tertiary/aromatic N) is 2. The highest BCUT2D eigenvalue weighted by Crippen LogP contribution is 2.24. The summed E-state index contributed by atoms with van der Waals surface area (Å²) in [5.41, 5.74) is 1.80. The van der Waals surface area contributed by atoms with Crippen LogP contribution in [0.3, 0.4) is 0 Å². The predicted molar refractivity (Wildman–Crippen MR) is 114 cm³/mol. The number of likely N-dealkylation sites (N-methyl/N-ethyl adjacent to an activating group) is 1. The molecule has 1 unspecified atom stereocenters. The summed E-state index contributed by atoms with van der Waals surface area (Å²) >= 11 is 0. The summed E-state index contributed by atoms with van der Waals surface area (Å²) < 4.78 is 26.4. The fraction of sp³-hybridized carbons (Fsp3) is 0.409. The Morgan fingerprint density at radius 2 is 1.79 bits per heavy atom. The van der Waals surface area contributed by atoms with E-state index in [2.05, 4.69) is 21.8 Å². The van der Waals surface area contributed by atoms with Crippen LogP contribution >= 0.6 is 0 Å². The van der Waals surface area contributed by atoms with Gasteiger partial charge in [0.05, 0.1) is 17.4 Å². The molecule has 1 saturated heterocycles. The maximum atomic E-state index is 13.1. The summed E-state index contributed by atoms with van der Waals surface area (Å²) in [6.07, 6.45) is 2.56. The third-order valence-electron chi connectivity index (χ3n) is 5.51. The maximum absolute atomic E-state index is 13.1. The number of nitrogens with one attached hydrogen (secondary N) is 1. The molecule has 1 aliphatic heterocycles. The monoisotopic (exact) mass is 415 g/mol. The van der Waals surface area contributed by atoms with Gasteiger partial charge in [0.1, 0.15) is 0 Å². The Morgan fingerprint density at radius 1 is 1.10 bits per heavy atom. The first-order valence-electron chi connectivity index (χ1n) is 9.96. The lowest BCUT2D eigenvalue weighted by molar-refractivity contribution is -0.131. The summed E-state index contributed by atoms with van der Waals surface area (Å²) in [5.74, 6) is -0.0305. The van der Waals surface area contributed by atoms with E-state index in [1.54, 1.807) is 23.1 Å². The number of hydrogen-bond donors (Lipinski definition) is 1. The zero-order valence-electron chi connectivity index (χ0n) is 17.0. The second-order valence-electron chi connectivity index (χ2n) is 7.47. The van der Waals surface area contributed by atoms with E-state index in [-0.39, 0.29) is 23.3 Å². The lowest BCUT2D eigenvalue weighted by atomic mass is 10.0. The molecule has 0 spiro atoms. The van der Waals surface area contributed by atoms with Gasteiger partial charge in [-0.25, -0.2) is 13.1 Å². The molecule has 1 amide bonds. The zero-order valence-corrected chi connectivity index (χ0v) is 17.9. The lowest BCUT2D eigenvalue weighted by Crippen LogP contribution is -2.39. The van der Waals surface area contributed by atoms with Gasteiger partial charge in [0.25, 0.3) is 0 Å². The molecule has 29 heavy (non-hydrogen) atoms. The summed E-state index contributed by atoms with van der Waals surface area (Å²) in [7, 11) is -0.317. The number of benzene rings is 2. The first-order chi connectivity index (χ1) is 13.9. The van der Waals surface area contributed by atoms with Gasteiger partial charge in [0.15, 0.2) is 0 Å². The highest BCUT2D eigenvalue weighted by atomic mass is 32.2. The molecule has 1 heterocycles. The molecule has 1 fully saturated rings. The van der Waals surface area contributed by atoms with Gasteiger partial charge in [-0.15, -0.1) is 0 Å². The Hall–Kier alpha value is -2.22. The highest BCUT2D eigenvalue weighted by Gasteiger charge is 2.25. The molecule has 1 aliphatic rings. The van der Waals surface area contributed by atoms with Crippen LogP contribution in [0.4, 0.5) is 0 Å². The number of carbonyl (C=O) groups excluding carboxylic acids is 1. The molecule has 3 rings (SSSR count). The molecule has 2 aromatic rings. The average molecular weight is 416 g/mol. The fourth-order valence-electron chi connectivity index (χ4n) is 3.75. The first-order valence-corrected chi connectivity index (χ1v) is 11.4. The number of amides is 1. The second kappa shape index (κ2) is 9.52. The molecular weight excluding hydrogens is 386 g/mol. The van der Waals surface area contributed by atoms with Crippen molar-refractivity contribution in [2.24, 2.45) is 0 Å². The molecule has 0 radical (unpaired) electrons. The minimum absolute atomic E-state index is 0.0305. The molecule has 2 aromatic carbocycles.